The number of halogens is 4. The first kappa shape index (κ1) is 25.6. The maximum absolute atomic E-state index is 13.6. The fraction of sp³-hybridized carbons (Fsp3) is 0.148. The van der Waals surface area contributed by atoms with Crippen molar-refractivity contribution in [2.24, 2.45) is 4.99 Å². The number of alkyl halides is 3. The van der Waals surface area contributed by atoms with Gasteiger partial charge < -0.3 is 15.0 Å². The molecule has 37 heavy (non-hydrogen) atoms. The lowest BCUT2D eigenvalue weighted by atomic mass is 10.0. The summed E-state index contributed by atoms with van der Waals surface area (Å²) >= 11 is 0. The van der Waals surface area contributed by atoms with Crippen LogP contribution in [0.4, 0.5) is 23.2 Å². The van der Waals surface area contributed by atoms with Gasteiger partial charge in [0.15, 0.2) is 5.90 Å². The van der Waals surface area contributed by atoms with E-state index in [0.717, 1.165) is 28.7 Å². The molecule has 10 heteroatoms. The van der Waals surface area contributed by atoms with Crippen LogP contribution in [-0.4, -0.2) is 35.8 Å². The van der Waals surface area contributed by atoms with Crippen molar-refractivity contribution in [1.82, 2.24) is 9.61 Å². The third-order valence-corrected chi connectivity index (χ3v) is 5.45. The Labute approximate surface area is 210 Å². The van der Waals surface area contributed by atoms with Crippen LogP contribution in [-0.2, 0) is 6.18 Å². The van der Waals surface area contributed by atoms with Crippen molar-refractivity contribution in [3.05, 3.63) is 89.9 Å². The lowest BCUT2D eigenvalue weighted by Crippen LogP contribution is -2.09. The maximum atomic E-state index is 13.6. The molecule has 1 N–H and O–H groups in total. The van der Waals surface area contributed by atoms with Crippen molar-refractivity contribution < 1.29 is 22.3 Å². The minimum absolute atomic E-state index is 0.236. The van der Waals surface area contributed by atoms with Gasteiger partial charge in [-0.05, 0) is 54.6 Å². The number of fused-ring (bicyclic) bond motifs is 1. The molecule has 2 aromatic heterocycles. The van der Waals surface area contributed by atoms with Gasteiger partial charge in [-0.25, -0.2) is 13.9 Å². The molecule has 0 saturated heterocycles. The summed E-state index contributed by atoms with van der Waals surface area (Å²) in [5, 5.41) is 12.0. The number of pyridine rings is 1. The van der Waals surface area contributed by atoms with E-state index >= 15 is 0 Å². The Morgan fingerprint density at radius 1 is 1.08 bits per heavy atom. The van der Waals surface area contributed by atoms with E-state index in [1.807, 2.05) is 37.2 Å². The molecule has 4 aromatic rings. The molecular formula is C27H23F4N5O. The molecule has 190 valence electrons. The number of aromatic nitrogens is 2. The Morgan fingerprint density at radius 2 is 1.81 bits per heavy atom. The number of nitrogens with zero attached hydrogens (tertiary/aromatic N) is 4. The molecule has 0 aliphatic rings. The summed E-state index contributed by atoms with van der Waals surface area (Å²) in [4.78, 5) is 6.46. The Kier molecular flexibility index (Phi) is 7.10. The van der Waals surface area contributed by atoms with Gasteiger partial charge in [0, 0.05) is 50.7 Å². The SMILES string of the molecule is CC(=N/C(=C\C=N)c1c(-c2ccc(F)cc2)nn2cc(C(F)(F)F)ccc12)Oc1cccc(N(C)C)c1. The molecule has 0 atom stereocenters. The van der Waals surface area contributed by atoms with Crippen LogP contribution >= 0.6 is 0 Å². The monoisotopic (exact) mass is 509 g/mol. The normalized spacial score (nSPS) is 12.6. The topological polar surface area (TPSA) is 66.0 Å². The second-order valence-corrected chi connectivity index (χ2v) is 8.32. The molecule has 0 unspecified atom stereocenters. The zero-order chi connectivity index (χ0) is 26.7. The number of hydrogen-bond acceptors (Lipinski definition) is 5. The minimum atomic E-state index is -4.56. The number of nitrogens with one attached hydrogen (secondary N) is 1. The highest BCUT2D eigenvalue weighted by Crippen LogP contribution is 2.35. The zero-order valence-electron chi connectivity index (χ0n) is 20.2. The highest BCUT2D eigenvalue weighted by atomic mass is 19.4. The van der Waals surface area contributed by atoms with Crippen LogP contribution in [0.25, 0.3) is 22.5 Å². The zero-order valence-corrected chi connectivity index (χ0v) is 20.2. The highest BCUT2D eigenvalue weighted by Gasteiger charge is 2.31. The van der Waals surface area contributed by atoms with Crippen molar-refractivity contribution in [2.75, 3.05) is 19.0 Å². The number of benzene rings is 2. The average Bonchev–Trinajstić information content (AvgIpc) is 3.22. The highest BCUT2D eigenvalue weighted by molar-refractivity contribution is 5.97. The average molecular weight is 510 g/mol. The summed E-state index contributed by atoms with van der Waals surface area (Å²) < 4.78 is 60.7. The third-order valence-electron chi connectivity index (χ3n) is 5.45. The van der Waals surface area contributed by atoms with E-state index in [4.69, 9.17) is 10.1 Å². The third kappa shape index (κ3) is 5.69. The summed E-state index contributed by atoms with van der Waals surface area (Å²) in [6, 6.07) is 15.0. The van der Waals surface area contributed by atoms with Crippen molar-refractivity contribution in [1.29, 1.82) is 5.41 Å². The van der Waals surface area contributed by atoms with Crippen LogP contribution in [0.1, 0.15) is 18.1 Å². The Bertz CT molecular complexity index is 1500. The molecule has 0 aliphatic heterocycles. The standard InChI is InChI=1S/C27H23F4N5O/c1-17(37-22-6-4-5-21(15-22)35(2)3)33-23(13-14-32)25-24-12-9-19(27(29,30)31)16-36(24)34-26(25)18-7-10-20(28)11-8-18/h4-16,32H,1-3H3/b23-13-,32-14?,33-17?. The Balaban J connectivity index is 1.85. The van der Waals surface area contributed by atoms with E-state index in [2.05, 4.69) is 10.1 Å². The second-order valence-electron chi connectivity index (χ2n) is 8.32. The molecule has 0 fully saturated rings. The summed E-state index contributed by atoms with van der Waals surface area (Å²) in [6.45, 7) is 1.63. The largest absolute Gasteiger partial charge is 0.443 e. The number of allylic oxidation sites excluding steroid dienone is 1. The van der Waals surface area contributed by atoms with E-state index in [0.29, 0.717) is 22.4 Å². The van der Waals surface area contributed by atoms with Gasteiger partial charge in [0.2, 0.25) is 0 Å². The van der Waals surface area contributed by atoms with Gasteiger partial charge in [-0.15, -0.1) is 0 Å². The van der Waals surface area contributed by atoms with Crippen molar-refractivity contribution >= 4 is 29.0 Å². The summed E-state index contributed by atoms with van der Waals surface area (Å²) in [6.07, 6.45) is -1.27. The van der Waals surface area contributed by atoms with Crippen LogP contribution in [0.3, 0.4) is 0 Å². The first-order chi connectivity index (χ1) is 17.6. The molecular weight excluding hydrogens is 486 g/mol. The molecule has 4 rings (SSSR count). The summed E-state index contributed by atoms with van der Waals surface area (Å²) in [5.41, 5.74) is 1.73. The van der Waals surface area contributed by atoms with Gasteiger partial charge >= 0.3 is 6.18 Å². The van der Waals surface area contributed by atoms with Crippen molar-refractivity contribution in [2.45, 2.75) is 13.1 Å². The van der Waals surface area contributed by atoms with Crippen LogP contribution in [0, 0.1) is 11.2 Å². The van der Waals surface area contributed by atoms with Gasteiger partial charge in [0.1, 0.15) is 17.3 Å². The number of aliphatic imine (C=N–C) groups is 1. The summed E-state index contributed by atoms with van der Waals surface area (Å²) in [5.74, 6) is 0.307. The molecule has 0 bridgehead atoms. The lowest BCUT2D eigenvalue weighted by molar-refractivity contribution is -0.137. The Morgan fingerprint density at radius 3 is 2.46 bits per heavy atom. The van der Waals surface area contributed by atoms with Gasteiger partial charge in [-0.1, -0.05) is 6.07 Å². The fourth-order valence-electron chi connectivity index (χ4n) is 3.72. The Hall–Kier alpha value is -4.47. The van der Waals surface area contributed by atoms with E-state index in [9.17, 15) is 17.6 Å². The van der Waals surface area contributed by atoms with Gasteiger partial charge in [-0.3, -0.25) is 0 Å². The fourth-order valence-corrected chi connectivity index (χ4v) is 3.72. The van der Waals surface area contributed by atoms with E-state index in [1.165, 1.54) is 36.4 Å². The summed E-state index contributed by atoms with van der Waals surface area (Å²) in [7, 11) is 3.80. The minimum Gasteiger partial charge on any atom is -0.443 e. The maximum Gasteiger partial charge on any atom is 0.417 e. The first-order valence-electron chi connectivity index (χ1n) is 11.1. The van der Waals surface area contributed by atoms with Gasteiger partial charge in [-0.2, -0.15) is 18.3 Å². The van der Waals surface area contributed by atoms with Gasteiger partial charge in [0.05, 0.1) is 22.3 Å². The quantitative estimate of drug-likeness (QED) is 0.178. The van der Waals surface area contributed by atoms with Crippen LogP contribution in [0.15, 0.2) is 77.9 Å². The van der Waals surface area contributed by atoms with Crippen LogP contribution < -0.4 is 9.64 Å². The molecule has 2 heterocycles. The molecule has 0 spiro atoms. The number of ether oxygens (including phenoxy) is 1. The predicted molar refractivity (Wildman–Crippen MR) is 137 cm³/mol. The van der Waals surface area contributed by atoms with Gasteiger partial charge in [0.25, 0.3) is 0 Å². The number of hydrogen-bond donors (Lipinski definition) is 1. The lowest BCUT2D eigenvalue weighted by Gasteiger charge is -2.14. The molecule has 0 saturated carbocycles. The molecule has 0 amide bonds. The van der Waals surface area contributed by atoms with E-state index < -0.39 is 17.6 Å². The van der Waals surface area contributed by atoms with Crippen molar-refractivity contribution in [3.63, 3.8) is 0 Å². The number of rotatable bonds is 6. The smallest absolute Gasteiger partial charge is 0.417 e. The van der Waals surface area contributed by atoms with E-state index in [1.54, 1.807) is 13.0 Å². The predicted octanol–water partition coefficient (Wildman–Crippen LogP) is 6.71. The second kappa shape index (κ2) is 10.3. The molecule has 6 nitrogen and oxygen atoms in total. The van der Waals surface area contributed by atoms with Crippen LogP contribution in [0.5, 0.6) is 5.75 Å². The van der Waals surface area contributed by atoms with E-state index in [-0.39, 0.29) is 17.3 Å². The number of anilines is 1. The molecule has 0 radical (unpaired) electrons. The van der Waals surface area contributed by atoms with Crippen LogP contribution in [0.2, 0.25) is 0 Å². The van der Waals surface area contributed by atoms with Crippen molar-refractivity contribution in [3.8, 4) is 17.0 Å². The molecule has 0 aliphatic carbocycles. The first-order valence-corrected chi connectivity index (χ1v) is 11.1. The molecule has 2 aromatic carbocycles.